The lowest BCUT2D eigenvalue weighted by Crippen LogP contribution is -2.15. The molecule has 0 bridgehead atoms. The molecular formula is C16H12F3N5O3S. The van der Waals surface area contributed by atoms with Gasteiger partial charge in [-0.25, -0.2) is 12.8 Å². The molecule has 0 spiro atoms. The minimum atomic E-state index is -4.77. The summed E-state index contributed by atoms with van der Waals surface area (Å²) in [4.78, 5) is 11.7. The van der Waals surface area contributed by atoms with E-state index in [1.807, 2.05) is 0 Å². The van der Waals surface area contributed by atoms with Gasteiger partial charge in [-0.1, -0.05) is 0 Å². The Morgan fingerprint density at radius 3 is 2.39 bits per heavy atom. The van der Waals surface area contributed by atoms with Crippen molar-refractivity contribution in [3.05, 3.63) is 59.7 Å². The zero-order valence-corrected chi connectivity index (χ0v) is 15.0. The molecule has 28 heavy (non-hydrogen) atoms. The van der Waals surface area contributed by atoms with E-state index in [0.717, 1.165) is 30.3 Å². The molecule has 146 valence electrons. The average Bonchev–Trinajstić information content (AvgIpc) is 3.09. The molecule has 0 aliphatic rings. The number of amides is 1. The van der Waals surface area contributed by atoms with Crippen LogP contribution in [-0.2, 0) is 9.84 Å². The fourth-order valence-corrected chi connectivity index (χ4v) is 3.03. The number of hydrogen-bond donors (Lipinski definition) is 1. The number of benzene rings is 2. The summed E-state index contributed by atoms with van der Waals surface area (Å²) in [5, 5.41) is 13.3. The van der Waals surface area contributed by atoms with Crippen molar-refractivity contribution in [2.24, 2.45) is 0 Å². The van der Waals surface area contributed by atoms with Crippen LogP contribution >= 0.6 is 0 Å². The van der Waals surface area contributed by atoms with Gasteiger partial charge in [0.1, 0.15) is 5.82 Å². The monoisotopic (exact) mass is 411 g/mol. The van der Waals surface area contributed by atoms with Crippen molar-refractivity contribution in [3.8, 4) is 5.69 Å². The van der Waals surface area contributed by atoms with Crippen molar-refractivity contribution >= 4 is 21.4 Å². The molecule has 0 radical (unpaired) electrons. The summed E-state index contributed by atoms with van der Waals surface area (Å²) in [5.74, 6) is -4.61. The third-order valence-corrected chi connectivity index (χ3v) is 5.15. The number of carbonyl (C=O) groups is 1. The zero-order valence-electron chi connectivity index (χ0n) is 14.2. The maximum atomic E-state index is 14.1. The van der Waals surface area contributed by atoms with Crippen LogP contribution in [0.2, 0.25) is 0 Å². The van der Waals surface area contributed by atoms with E-state index in [-0.39, 0.29) is 11.3 Å². The lowest BCUT2D eigenvalue weighted by atomic mass is 10.2. The van der Waals surface area contributed by atoms with Gasteiger partial charge in [-0.3, -0.25) is 4.79 Å². The van der Waals surface area contributed by atoms with Crippen LogP contribution in [0.25, 0.3) is 5.69 Å². The second-order valence-electron chi connectivity index (χ2n) is 5.59. The number of sulfone groups is 1. The quantitative estimate of drug-likeness (QED) is 0.691. The number of nitrogens with zero attached hydrogens (tertiary/aromatic N) is 4. The number of anilines is 1. The predicted molar refractivity (Wildman–Crippen MR) is 91.4 cm³/mol. The maximum Gasteiger partial charge on any atom is 0.341 e. The highest BCUT2D eigenvalue weighted by Crippen LogP contribution is 2.21. The van der Waals surface area contributed by atoms with Crippen molar-refractivity contribution in [1.29, 1.82) is 0 Å². The minimum absolute atomic E-state index is 0.0448. The summed E-state index contributed by atoms with van der Waals surface area (Å²) >= 11 is 0. The van der Waals surface area contributed by atoms with Gasteiger partial charge in [-0.2, -0.15) is 13.5 Å². The van der Waals surface area contributed by atoms with E-state index >= 15 is 0 Å². The average molecular weight is 411 g/mol. The molecule has 1 amide bonds. The molecule has 3 rings (SSSR count). The molecule has 0 aliphatic carbocycles. The van der Waals surface area contributed by atoms with E-state index < -0.39 is 32.2 Å². The Morgan fingerprint density at radius 2 is 1.82 bits per heavy atom. The number of nitrogens with one attached hydrogen (secondary N) is 1. The summed E-state index contributed by atoms with van der Waals surface area (Å²) in [6.07, 6.45) is 0. The molecule has 0 atom stereocenters. The highest BCUT2D eigenvalue weighted by Gasteiger charge is 2.26. The second-order valence-corrected chi connectivity index (χ2v) is 7.50. The highest BCUT2D eigenvalue weighted by atomic mass is 32.2. The number of hydrogen-bond acceptors (Lipinski definition) is 6. The van der Waals surface area contributed by atoms with Crippen molar-refractivity contribution < 1.29 is 26.4 Å². The molecule has 0 aliphatic heterocycles. The number of alkyl halides is 2. The molecule has 8 nitrogen and oxygen atoms in total. The van der Waals surface area contributed by atoms with Gasteiger partial charge < -0.3 is 5.32 Å². The molecule has 0 saturated heterocycles. The molecule has 1 aromatic heterocycles. The summed E-state index contributed by atoms with van der Waals surface area (Å²) in [6, 6.07) is 7.71. The van der Waals surface area contributed by atoms with Gasteiger partial charge in [-0.15, -0.1) is 5.10 Å². The van der Waals surface area contributed by atoms with Crippen LogP contribution in [0.3, 0.4) is 0 Å². The number of halogens is 3. The number of carbonyl (C=O) groups excluding carboxylic acids is 1. The standard InChI is InChI=1S/C16H12F3N5O3S/c1-9-21-22-23-24(9)11-4-7-13(17)14(8-11)20-15(25)10-2-5-12(6-3-10)28(26,27)16(18)19/h2-8,16H,1H3,(H,20,25). The largest absolute Gasteiger partial charge is 0.341 e. The molecule has 0 saturated carbocycles. The SMILES string of the molecule is Cc1nnnn1-c1ccc(F)c(NC(=O)c2ccc(S(=O)(=O)C(F)F)cc2)c1. The van der Waals surface area contributed by atoms with Gasteiger partial charge >= 0.3 is 5.76 Å². The first-order valence-corrected chi connectivity index (χ1v) is 9.23. The molecule has 0 fully saturated rings. The molecule has 3 aromatic rings. The predicted octanol–water partition coefficient (Wildman–Crippen LogP) is 2.36. The Bertz CT molecular complexity index is 1130. The maximum absolute atomic E-state index is 14.1. The highest BCUT2D eigenvalue weighted by molar-refractivity contribution is 7.91. The Balaban J connectivity index is 1.84. The normalized spacial score (nSPS) is 11.6. The van der Waals surface area contributed by atoms with Crippen molar-refractivity contribution in [3.63, 3.8) is 0 Å². The van der Waals surface area contributed by atoms with Gasteiger partial charge in [0.05, 0.1) is 16.3 Å². The Kier molecular flexibility index (Phi) is 5.14. The van der Waals surface area contributed by atoms with E-state index in [1.165, 1.54) is 16.8 Å². The molecule has 1 N–H and O–H groups in total. The topological polar surface area (TPSA) is 107 Å². The number of tetrazole rings is 1. The summed E-state index contributed by atoms with van der Waals surface area (Å²) in [7, 11) is -4.77. The zero-order chi connectivity index (χ0) is 20.5. The first-order valence-electron chi connectivity index (χ1n) is 7.68. The van der Waals surface area contributed by atoms with Crippen LogP contribution in [0.5, 0.6) is 0 Å². The lowest BCUT2D eigenvalue weighted by molar-refractivity contribution is 0.102. The van der Waals surface area contributed by atoms with Gasteiger partial charge in [0.15, 0.2) is 5.82 Å². The van der Waals surface area contributed by atoms with E-state index in [9.17, 15) is 26.4 Å². The van der Waals surface area contributed by atoms with Crippen molar-refractivity contribution in [2.45, 2.75) is 17.6 Å². The summed E-state index contributed by atoms with van der Waals surface area (Å²) in [6.45, 7) is 1.64. The van der Waals surface area contributed by atoms with E-state index in [4.69, 9.17) is 0 Å². The van der Waals surface area contributed by atoms with Gasteiger partial charge in [0.25, 0.3) is 5.91 Å². The third-order valence-electron chi connectivity index (χ3n) is 3.75. The van der Waals surface area contributed by atoms with E-state index in [2.05, 4.69) is 20.8 Å². The summed E-state index contributed by atoms with van der Waals surface area (Å²) in [5.41, 5.74) is 0.191. The first kappa shape index (κ1) is 19.5. The van der Waals surface area contributed by atoms with E-state index in [0.29, 0.717) is 11.5 Å². The molecule has 0 unspecified atom stereocenters. The van der Waals surface area contributed by atoms with Crippen LogP contribution in [0, 0.1) is 12.7 Å². The Hall–Kier alpha value is -3.28. The van der Waals surface area contributed by atoms with Crippen LogP contribution in [-0.4, -0.2) is 40.3 Å². The van der Waals surface area contributed by atoms with Crippen LogP contribution in [0.15, 0.2) is 47.4 Å². The summed E-state index contributed by atoms with van der Waals surface area (Å²) < 4.78 is 63.3. The van der Waals surface area contributed by atoms with E-state index in [1.54, 1.807) is 6.92 Å². The number of aromatic nitrogens is 4. The minimum Gasteiger partial charge on any atom is -0.319 e. The van der Waals surface area contributed by atoms with Crippen molar-refractivity contribution in [1.82, 2.24) is 20.2 Å². The second kappa shape index (κ2) is 7.38. The molecule has 2 aromatic carbocycles. The van der Waals surface area contributed by atoms with Gasteiger partial charge in [0, 0.05) is 5.56 Å². The molecule has 1 heterocycles. The van der Waals surface area contributed by atoms with Crippen LogP contribution in [0.1, 0.15) is 16.2 Å². The fraction of sp³-hybridized carbons (Fsp3) is 0.125. The Morgan fingerprint density at radius 1 is 1.14 bits per heavy atom. The number of aryl methyl sites for hydroxylation is 1. The third kappa shape index (κ3) is 3.71. The molecular weight excluding hydrogens is 399 g/mol. The number of rotatable bonds is 5. The lowest BCUT2D eigenvalue weighted by Gasteiger charge is -2.10. The molecule has 12 heteroatoms. The van der Waals surface area contributed by atoms with Gasteiger partial charge in [0.2, 0.25) is 9.84 Å². The fourth-order valence-electron chi connectivity index (χ4n) is 2.30. The Labute approximate surface area is 156 Å². The van der Waals surface area contributed by atoms with Crippen molar-refractivity contribution in [2.75, 3.05) is 5.32 Å². The first-order chi connectivity index (χ1) is 13.2. The van der Waals surface area contributed by atoms with Gasteiger partial charge in [-0.05, 0) is 59.8 Å². The smallest absolute Gasteiger partial charge is 0.319 e. The van der Waals surface area contributed by atoms with Crippen LogP contribution in [0.4, 0.5) is 18.9 Å². The van der Waals surface area contributed by atoms with Crippen LogP contribution < -0.4 is 5.32 Å².